The van der Waals surface area contributed by atoms with Crippen LogP contribution in [0.25, 0.3) is 0 Å². The summed E-state index contributed by atoms with van der Waals surface area (Å²) in [5.74, 6) is -0.574. The third-order valence-electron chi connectivity index (χ3n) is 3.20. The molecule has 1 unspecified atom stereocenters. The number of nitrogens with two attached hydrogens (primary N) is 2. The molecule has 0 spiro atoms. The minimum Gasteiger partial charge on any atom is -0.418 e. The number of pyridine rings is 1. The summed E-state index contributed by atoms with van der Waals surface area (Å²) in [6.07, 6.45) is -4.69. The lowest BCUT2D eigenvalue weighted by molar-refractivity contribution is -0.143. The number of rotatable bonds is 4. The summed E-state index contributed by atoms with van der Waals surface area (Å²) in [6, 6.07) is 2.73. The summed E-state index contributed by atoms with van der Waals surface area (Å²) in [4.78, 5) is 4.03. The molecule has 0 aromatic carbocycles. The van der Waals surface area contributed by atoms with Gasteiger partial charge in [-0.15, -0.1) is 5.10 Å². The normalized spacial score (nSPS) is 14.5. The second-order valence-electron chi connectivity index (χ2n) is 5.35. The average molecular weight is 366 g/mol. The zero-order chi connectivity index (χ0) is 18.3. The van der Waals surface area contributed by atoms with Crippen LogP contribution in [-0.4, -0.2) is 26.5 Å². The van der Waals surface area contributed by atoms with Crippen molar-refractivity contribution >= 4 is 17.3 Å². The Balaban J connectivity index is 2.42. The quantitative estimate of drug-likeness (QED) is 0.764. The Labute approximate surface area is 140 Å². The van der Waals surface area contributed by atoms with E-state index < -0.39 is 34.9 Å². The van der Waals surface area contributed by atoms with Gasteiger partial charge in [0, 0.05) is 13.1 Å². The molecular formula is C13H15ClF3N5O2. The van der Waals surface area contributed by atoms with E-state index in [1.165, 1.54) is 19.1 Å². The summed E-state index contributed by atoms with van der Waals surface area (Å²) in [6.45, 7) is 1.04. The van der Waals surface area contributed by atoms with Gasteiger partial charge in [0.05, 0.1) is 23.5 Å². The van der Waals surface area contributed by atoms with Gasteiger partial charge >= 0.3 is 6.18 Å². The Kier molecular flexibility index (Phi) is 4.66. The topological polar surface area (TPSA) is 112 Å². The minimum absolute atomic E-state index is 0.113. The molecular weight excluding hydrogens is 351 g/mol. The molecule has 0 saturated carbocycles. The van der Waals surface area contributed by atoms with Gasteiger partial charge in [0.15, 0.2) is 5.69 Å². The molecule has 0 radical (unpaired) electrons. The number of anilines is 1. The third kappa shape index (κ3) is 3.40. The summed E-state index contributed by atoms with van der Waals surface area (Å²) in [5, 5.41) is 12.2. The van der Waals surface area contributed by atoms with Gasteiger partial charge < -0.3 is 21.3 Å². The number of halogens is 4. The fourth-order valence-corrected chi connectivity index (χ4v) is 2.29. The van der Waals surface area contributed by atoms with Gasteiger partial charge in [0.2, 0.25) is 5.88 Å². The van der Waals surface area contributed by atoms with Crippen LogP contribution in [0.5, 0.6) is 11.8 Å². The van der Waals surface area contributed by atoms with Crippen molar-refractivity contribution in [3.8, 4) is 11.8 Å². The Morgan fingerprint density at radius 1 is 1.38 bits per heavy atom. The first-order valence-electron chi connectivity index (χ1n) is 6.61. The van der Waals surface area contributed by atoms with Crippen molar-refractivity contribution in [3.63, 3.8) is 0 Å². The smallest absolute Gasteiger partial charge is 0.418 e. The molecule has 11 heteroatoms. The van der Waals surface area contributed by atoms with Gasteiger partial charge in [0.1, 0.15) is 5.02 Å². The molecule has 0 amide bonds. The lowest BCUT2D eigenvalue weighted by Crippen LogP contribution is -2.38. The maximum atomic E-state index is 12.9. The van der Waals surface area contributed by atoms with E-state index in [-0.39, 0.29) is 17.3 Å². The third-order valence-corrected chi connectivity index (χ3v) is 3.54. The Morgan fingerprint density at radius 3 is 2.50 bits per heavy atom. The van der Waals surface area contributed by atoms with E-state index in [0.29, 0.717) is 4.68 Å². The van der Waals surface area contributed by atoms with Crippen molar-refractivity contribution in [1.29, 1.82) is 0 Å². The first kappa shape index (κ1) is 18.3. The van der Waals surface area contributed by atoms with Crippen molar-refractivity contribution in [2.45, 2.75) is 18.6 Å². The molecule has 0 saturated heterocycles. The molecule has 5 N–H and O–H groups in total. The number of hydrogen-bond acceptors (Lipinski definition) is 6. The van der Waals surface area contributed by atoms with Crippen molar-refractivity contribution < 1.29 is 23.0 Å². The highest BCUT2D eigenvalue weighted by Gasteiger charge is 2.39. The van der Waals surface area contributed by atoms with Crippen molar-refractivity contribution in [3.05, 3.63) is 28.5 Å². The first-order valence-corrected chi connectivity index (χ1v) is 6.99. The van der Waals surface area contributed by atoms with Gasteiger partial charge in [-0.2, -0.15) is 13.2 Å². The van der Waals surface area contributed by atoms with Crippen LogP contribution in [0.1, 0.15) is 18.3 Å². The molecule has 132 valence electrons. The van der Waals surface area contributed by atoms with Crippen LogP contribution in [0, 0.1) is 0 Å². The van der Waals surface area contributed by atoms with Gasteiger partial charge in [-0.25, -0.2) is 4.98 Å². The number of aryl methyl sites for hydroxylation is 1. The molecule has 0 aliphatic carbocycles. The Hall–Kier alpha value is -2.04. The van der Waals surface area contributed by atoms with Crippen LogP contribution in [0.4, 0.5) is 18.9 Å². The van der Waals surface area contributed by atoms with Crippen molar-refractivity contribution in [2.75, 3.05) is 12.3 Å². The minimum atomic E-state index is -4.69. The van der Waals surface area contributed by atoms with E-state index in [4.69, 9.17) is 27.8 Å². The standard InChI is InChI=1S/C13H15ClF3N5O2/c1-12(19,5-23)9-6(18)3-4-7(20-9)24-11-8(14)10(13(15,16)17)22(2)21-11/h3-4,23H,5,18-19H2,1-2H3. The second-order valence-corrected chi connectivity index (χ2v) is 5.73. The van der Waals surface area contributed by atoms with Crippen molar-refractivity contribution in [2.24, 2.45) is 12.8 Å². The lowest BCUT2D eigenvalue weighted by Gasteiger charge is -2.23. The number of nitrogens with zero attached hydrogens (tertiary/aromatic N) is 3. The number of aliphatic hydroxyl groups is 1. The Morgan fingerprint density at radius 2 is 2.00 bits per heavy atom. The van der Waals surface area contributed by atoms with Gasteiger partial charge in [-0.1, -0.05) is 11.6 Å². The number of alkyl halides is 3. The highest BCUT2D eigenvalue weighted by Crippen LogP contribution is 2.40. The number of ether oxygens (including phenoxy) is 1. The molecule has 2 heterocycles. The highest BCUT2D eigenvalue weighted by molar-refractivity contribution is 6.32. The zero-order valence-corrected chi connectivity index (χ0v) is 13.5. The molecule has 0 aliphatic heterocycles. The van der Waals surface area contributed by atoms with Crippen LogP contribution in [0.3, 0.4) is 0 Å². The van der Waals surface area contributed by atoms with Crippen molar-refractivity contribution in [1.82, 2.24) is 14.8 Å². The summed E-state index contributed by atoms with van der Waals surface area (Å²) in [7, 11) is 1.09. The average Bonchev–Trinajstić information content (AvgIpc) is 2.74. The highest BCUT2D eigenvalue weighted by atomic mass is 35.5. The van der Waals surface area contributed by atoms with Crippen LogP contribution >= 0.6 is 11.6 Å². The maximum absolute atomic E-state index is 12.9. The summed E-state index contributed by atoms with van der Waals surface area (Å²) >= 11 is 5.71. The fourth-order valence-electron chi connectivity index (χ4n) is 1.99. The summed E-state index contributed by atoms with van der Waals surface area (Å²) < 4.78 is 44.5. The Bertz CT molecular complexity index is 761. The first-order chi connectivity index (χ1) is 11.0. The summed E-state index contributed by atoms with van der Waals surface area (Å²) in [5.41, 5.74) is 9.56. The molecule has 2 aromatic heterocycles. The van der Waals surface area contributed by atoms with Crippen LogP contribution in [0.2, 0.25) is 5.02 Å². The second kappa shape index (κ2) is 6.11. The molecule has 2 aromatic rings. The van der Waals surface area contributed by atoms with E-state index in [2.05, 4.69) is 10.1 Å². The monoisotopic (exact) mass is 365 g/mol. The molecule has 1 atom stereocenters. The molecule has 0 bridgehead atoms. The predicted molar refractivity (Wildman–Crippen MR) is 80.6 cm³/mol. The number of aromatic nitrogens is 3. The van der Waals surface area contributed by atoms with Gasteiger partial charge in [0.25, 0.3) is 5.88 Å². The van der Waals surface area contributed by atoms with E-state index in [0.717, 1.165) is 7.05 Å². The zero-order valence-electron chi connectivity index (χ0n) is 12.7. The number of hydrogen-bond donors (Lipinski definition) is 3. The number of nitrogen functional groups attached to an aromatic ring is 1. The van der Waals surface area contributed by atoms with Crippen LogP contribution in [0.15, 0.2) is 12.1 Å². The lowest BCUT2D eigenvalue weighted by atomic mass is 9.98. The molecule has 2 rings (SSSR count). The predicted octanol–water partition coefficient (Wildman–Crippen LogP) is 2.03. The number of aliphatic hydroxyl groups excluding tert-OH is 1. The van der Waals surface area contributed by atoms with E-state index in [1.807, 2.05) is 0 Å². The molecule has 0 aliphatic rings. The van der Waals surface area contributed by atoms with Gasteiger partial charge in [-0.3, -0.25) is 4.68 Å². The van der Waals surface area contributed by atoms with E-state index >= 15 is 0 Å². The molecule has 0 fully saturated rings. The van der Waals surface area contributed by atoms with Crippen LogP contribution < -0.4 is 16.2 Å². The molecule has 24 heavy (non-hydrogen) atoms. The van der Waals surface area contributed by atoms with E-state index in [9.17, 15) is 18.3 Å². The molecule has 7 nitrogen and oxygen atoms in total. The SMILES string of the molecule is Cn1nc(Oc2ccc(N)c(C(C)(N)CO)n2)c(Cl)c1C(F)(F)F. The van der Waals surface area contributed by atoms with Gasteiger partial charge in [-0.05, 0) is 13.0 Å². The van der Waals surface area contributed by atoms with Crippen LogP contribution in [-0.2, 0) is 18.8 Å². The van der Waals surface area contributed by atoms with E-state index in [1.54, 1.807) is 0 Å². The fraction of sp³-hybridized carbons (Fsp3) is 0.385. The largest absolute Gasteiger partial charge is 0.434 e. The maximum Gasteiger partial charge on any atom is 0.434 e.